The summed E-state index contributed by atoms with van der Waals surface area (Å²) in [7, 11) is 0. The lowest BCUT2D eigenvalue weighted by Crippen LogP contribution is -2.47. The second kappa shape index (κ2) is 6.67. The van der Waals surface area contributed by atoms with Crippen LogP contribution in [0.4, 0.5) is 4.79 Å². The Hall–Kier alpha value is -1.59. The summed E-state index contributed by atoms with van der Waals surface area (Å²) in [5.74, 6) is -1.29. The number of ether oxygens (including phenoxy) is 2. The highest BCUT2D eigenvalue weighted by Crippen LogP contribution is 2.24. The first-order chi connectivity index (χ1) is 9.89. The highest BCUT2D eigenvalue weighted by Gasteiger charge is 2.36. The minimum Gasteiger partial charge on any atom is -0.460 e. The minimum atomic E-state index is -0.657. The van der Waals surface area contributed by atoms with Gasteiger partial charge in [0.25, 0.3) is 0 Å². The van der Waals surface area contributed by atoms with Gasteiger partial charge >= 0.3 is 12.1 Å². The predicted octanol–water partition coefficient (Wildman–Crippen LogP) is 2.89. The number of piperidine rings is 1. The summed E-state index contributed by atoms with van der Waals surface area (Å²) in [6, 6.07) is 0. The molecule has 0 spiro atoms. The Morgan fingerprint density at radius 3 is 2.14 bits per heavy atom. The van der Waals surface area contributed by atoms with Gasteiger partial charge in [-0.3, -0.25) is 9.59 Å². The highest BCUT2D eigenvalue weighted by molar-refractivity contribution is 5.95. The molecule has 2 amide bonds. The van der Waals surface area contributed by atoms with Gasteiger partial charge in [-0.15, -0.1) is 0 Å². The molecule has 0 radical (unpaired) electrons. The predicted molar refractivity (Wildman–Crippen MR) is 81.1 cm³/mol. The summed E-state index contributed by atoms with van der Waals surface area (Å²) in [5.41, 5.74) is -1.24. The molecule has 0 aliphatic carbocycles. The summed E-state index contributed by atoms with van der Waals surface area (Å²) in [4.78, 5) is 37.4. The van der Waals surface area contributed by atoms with Crippen molar-refractivity contribution in [1.29, 1.82) is 0 Å². The Labute approximate surface area is 132 Å². The van der Waals surface area contributed by atoms with Crippen LogP contribution in [-0.2, 0) is 19.1 Å². The van der Waals surface area contributed by atoms with Crippen molar-refractivity contribution < 1.29 is 23.9 Å². The number of imide groups is 1. The van der Waals surface area contributed by atoms with Crippen LogP contribution < -0.4 is 0 Å². The normalized spacial score (nSPS) is 19.8. The molecule has 1 heterocycles. The fraction of sp³-hybridized carbons (Fsp3) is 0.812. The van der Waals surface area contributed by atoms with Gasteiger partial charge in [0.1, 0.15) is 11.2 Å². The van der Waals surface area contributed by atoms with E-state index in [-0.39, 0.29) is 12.3 Å². The summed E-state index contributed by atoms with van der Waals surface area (Å²) in [5, 5.41) is 0. The number of rotatable bonds is 2. The van der Waals surface area contributed by atoms with Gasteiger partial charge in [-0.05, 0) is 54.4 Å². The first-order valence-electron chi connectivity index (χ1n) is 7.65. The Balaban J connectivity index is 2.66. The molecule has 0 bridgehead atoms. The summed E-state index contributed by atoms with van der Waals surface area (Å²) in [6.07, 6.45) is 0.594. The lowest BCUT2D eigenvalue weighted by molar-refractivity contribution is -0.159. The molecule has 0 aromatic rings. The van der Waals surface area contributed by atoms with Crippen LogP contribution in [0.25, 0.3) is 0 Å². The molecule has 0 aromatic carbocycles. The van der Waals surface area contributed by atoms with E-state index >= 15 is 0 Å². The number of carbonyl (C=O) groups is 3. The maximum absolute atomic E-state index is 12.4. The molecule has 0 saturated carbocycles. The van der Waals surface area contributed by atoms with Crippen LogP contribution >= 0.6 is 0 Å². The monoisotopic (exact) mass is 313 g/mol. The Morgan fingerprint density at radius 1 is 1.09 bits per heavy atom. The molecule has 6 nitrogen and oxygen atoms in total. The molecule has 1 atom stereocenters. The van der Waals surface area contributed by atoms with Crippen molar-refractivity contribution >= 4 is 18.0 Å². The Bertz CT molecular complexity index is 444. The van der Waals surface area contributed by atoms with E-state index in [9.17, 15) is 14.4 Å². The van der Waals surface area contributed by atoms with Crippen molar-refractivity contribution in [2.45, 2.75) is 72.0 Å². The molecule has 6 heteroatoms. The molecule has 0 aromatic heterocycles. The molecule has 126 valence electrons. The largest absolute Gasteiger partial charge is 0.460 e. The van der Waals surface area contributed by atoms with Crippen molar-refractivity contribution in [3.05, 3.63) is 0 Å². The van der Waals surface area contributed by atoms with Crippen LogP contribution in [0, 0.1) is 5.92 Å². The van der Waals surface area contributed by atoms with E-state index in [0.29, 0.717) is 19.4 Å². The molecule has 0 N–H and O–H groups in total. The molecule has 1 unspecified atom stereocenters. The third-order valence-electron chi connectivity index (χ3n) is 3.00. The van der Waals surface area contributed by atoms with Crippen molar-refractivity contribution in [2.24, 2.45) is 5.92 Å². The molecule has 1 rings (SSSR count). The first kappa shape index (κ1) is 18.5. The number of carbonyl (C=O) groups excluding carboxylic acids is 3. The molecular weight excluding hydrogens is 286 g/mol. The van der Waals surface area contributed by atoms with E-state index in [1.54, 1.807) is 41.5 Å². The van der Waals surface area contributed by atoms with Crippen LogP contribution in [0.5, 0.6) is 0 Å². The summed E-state index contributed by atoms with van der Waals surface area (Å²) >= 11 is 0. The maximum atomic E-state index is 12.4. The number of amides is 2. The van der Waals surface area contributed by atoms with Gasteiger partial charge in [-0.1, -0.05) is 0 Å². The summed E-state index contributed by atoms with van der Waals surface area (Å²) < 4.78 is 10.5. The van der Waals surface area contributed by atoms with E-state index < -0.39 is 29.2 Å². The molecule has 1 aliphatic heterocycles. The van der Waals surface area contributed by atoms with E-state index in [4.69, 9.17) is 9.47 Å². The second-order valence-electron chi connectivity index (χ2n) is 7.60. The molecule has 1 fully saturated rings. The number of esters is 1. The lowest BCUT2D eigenvalue weighted by atomic mass is 9.94. The van der Waals surface area contributed by atoms with Gasteiger partial charge < -0.3 is 9.47 Å². The third-order valence-corrected chi connectivity index (χ3v) is 3.00. The number of hydrogen-bond acceptors (Lipinski definition) is 5. The third kappa shape index (κ3) is 6.03. The fourth-order valence-corrected chi connectivity index (χ4v) is 2.22. The fourth-order valence-electron chi connectivity index (χ4n) is 2.22. The number of nitrogens with zero attached hydrogens (tertiary/aromatic N) is 1. The summed E-state index contributed by atoms with van der Waals surface area (Å²) in [6.45, 7) is 10.9. The minimum absolute atomic E-state index is 0.00456. The Morgan fingerprint density at radius 2 is 1.64 bits per heavy atom. The average Bonchev–Trinajstić information content (AvgIpc) is 2.26. The number of hydrogen-bond donors (Lipinski definition) is 0. The number of likely N-dealkylation sites (tertiary alicyclic amines) is 1. The van der Waals surface area contributed by atoms with Gasteiger partial charge in [-0.25, -0.2) is 9.69 Å². The molecule has 1 saturated heterocycles. The SMILES string of the molecule is CC(C)(C)OC(=O)CC1CCCN(C(=O)OC(C)(C)C)C1=O. The van der Waals surface area contributed by atoms with Crippen LogP contribution in [0.1, 0.15) is 60.8 Å². The quantitative estimate of drug-likeness (QED) is 0.733. The van der Waals surface area contributed by atoms with Gasteiger partial charge in [0.15, 0.2) is 0 Å². The van der Waals surface area contributed by atoms with Crippen molar-refractivity contribution in [2.75, 3.05) is 6.54 Å². The zero-order valence-corrected chi connectivity index (χ0v) is 14.4. The van der Waals surface area contributed by atoms with Crippen LogP contribution in [0.2, 0.25) is 0 Å². The van der Waals surface area contributed by atoms with Crippen molar-refractivity contribution in [3.8, 4) is 0 Å². The van der Waals surface area contributed by atoms with Gasteiger partial charge in [-0.2, -0.15) is 0 Å². The maximum Gasteiger partial charge on any atom is 0.417 e. The standard InChI is InChI=1S/C16H27NO5/c1-15(2,3)21-12(18)10-11-8-7-9-17(13(11)19)14(20)22-16(4,5)6/h11H,7-10H2,1-6H3. The van der Waals surface area contributed by atoms with Gasteiger partial charge in [0, 0.05) is 12.5 Å². The molecule has 22 heavy (non-hydrogen) atoms. The smallest absolute Gasteiger partial charge is 0.417 e. The van der Waals surface area contributed by atoms with E-state index in [0.717, 1.165) is 4.90 Å². The molecule has 1 aliphatic rings. The molecular formula is C16H27NO5. The van der Waals surface area contributed by atoms with Gasteiger partial charge in [0.05, 0.1) is 6.42 Å². The zero-order valence-electron chi connectivity index (χ0n) is 14.4. The van der Waals surface area contributed by atoms with Crippen LogP contribution in [0.15, 0.2) is 0 Å². The van der Waals surface area contributed by atoms with Crippen LogP contribution in [-0.4, -0.2) is 40.6 Å². The topological polar surface area (TPSA) is 72.9 Å². The second-order valence-corrected chi connectivity index (χ2v) is 7.60. The lowest BCUT2D eigenvalue weighted by Gasteiger charge is -2.32. The average molecular weight is 313 g/mol. The zero-order chi connectivity index (χ0) is 17.1. The van der Waals surface area contributed by atoms with Gasteiger partial charge in [0.2, 0.25) is 5.91 Å². The first-order valence-corrected chi connectivity index (χ1v) is 7.65. The van der Waals surface area contributed by atoms with E-state index in [1.807, 2.05) is 0 Å². The highest BCUT2D eigenvalue weighted by atomic mass is 16.6. The van der Waals surface area contributed by atoms with E-state index in [1.165, 1.54) is 0 Å². The van der Waals surface area contributed by atoms with Crippen molar-refractivity contribution in [1.82, 2.24) is 4.90 Å². The van der Waals surface area contributed by atoms with E-state index in [2.05, 4.69) is 0 Å². The Kier molecular flexibility index (Phi) is 5.59. The van der Waals surface area contributed by atoms with Crippen molar-refractivity contribution in [3.63, 3.8) is 0 Å². The van der Waals surface area contributed by atoms with Crippen LogP contribution in [0.3, 0.4) is 0 Å².